The second kappa shape index (κ2) is 6.65. The molecule has 0 saturated heterocycles. The van der Waals surface area contributed by atoms with E-state index in [0.717, 1.165) is 0 Å². The van der Waals surface area contributed by atoms with Crippen LogP contribution in [0.15, 0.2) is 30.6 Å². The van der Waals surface area contributed by atoms with Gasteiger partial charge in [0.15, 0.2) is 0 Å². The first-order valence-corrected chi connectivity index (χ1v) is 6.35. The maximum atomic E-state index is 13.7. The molecule has 1 amide bonds. The van der Waals surface area contributed by atoms with E-state index in [-0.39, 0.29) is 11.4 Å². The Hall–Kier alpha value is -2.70. The molecule has 0 radical (unpaired) electrons. The normalized spacial score (nSPS) is 10.0. The molecule has 0 bridgehead atoms. The SMILES string of the molecule is CCNc1cncc(C(=O)Nc2cc(OC)ccc2F)n1. The molecule has 1 heterocycles. The highest BCUT2D eigenvalue weighted by molar-refractivity contribution is 6.03. The highest BCUT2D eigenvalue weighted by Crippen LogP contribution is 2.21. The van der Waals surface area contributed by atoms with Gasteiger partial charge in [-0.05, 0) is 19.1 Å². The molecule has 0 aliphatic rings. The van der Waals surface area contributed by atoms with E-state index in [2.05, 4.69) is 20.6 Å². The van der Waals surface area contributed by atoms with Gasteiger partial charge in [0, 0.05) is 12.6 Å². The number of anilines is 2. The maximum Gasteiger partial charge on any atom is 0.276 e. The number of amides is 1. The molecular formula is C14H15FN4O2. The van der Waals surface area contributed by atoms with Crippen LogP contribution in [-0.2, 0) is 0 Å². The lowest BCUT2D eigenvalue weighted by atomic mass is 10.2. The minimum atomic E-state index is -0.556. The number of methoxy groups -OCH3 is 1. The molecular weight excluding hydrogens is 275 g/mol. The topological polar surface area (TPSA) is 76.1 Å². The predicted octanol–water partition coefficient (Wildman–Crippen LogP) is 2.31. The van der Waals surface area contributed by atoms with Crippen molar-refractivity contribution in [2.24, 2.45) is 0 Å². The van der Waals surface area contributed by atoms with Crippen LogP contribution in [0.1, 0.15) is 17.4 Å². The van der Waals surface area contributed by atoms with Crippen molar-refractivity contribution in [3.63, 3.8) is 0 Å². The summed E-state index contributed by atoms with van der Waals surface area (Å²) in [4.78, 5) is 20.1. The second-order valence-electron chi connectivity index (χ2n) is 4.12. The average Bonchev–Trinajstić information content (AvgIpc) is 2.50. The third-order valence-corrected chi connectivity index (χ3v) is 2.65. The summed E-state index contributed by atoms with van der Waals surface area (Å²) in [5.41, 5.74) is 0.116. The van der Waals surface area contributed by atoms with Crippen molar-refractivity contribution in [1.82, 2.24) is 9.97 Å². The van der Waals surface area contributed by atoms with E-state index in [1.807, 2.05) is 6.92 Å². The van der Waals surface area contributed by atoms with Crippen molar-refractivity contribution in [1.29, 1.82) is 0 Å². The number of halogens is 1. The van der Waals surface area contributed by atoms with Crippen LogP contribution >= 0.6 is 0 Å². The lowest BCUT2D eigenvalue weighted by Gasteiger charge is -2.08. The fourth-order valence-corrected chi connectivity index (χ4v) is 1.66. The van der Waals surface area contributed by atoms with Crippen molar-refractivity contribution in [2.75, 3.05) is 24.3 Å². The average molecular weight is 290 g/mol. The van der Waals surface area contributed by atoms with Gasteiger partial charge < -0.3 is 15.4 Å². The molecule has 1 aromatic heterocycles. The van der Waals surface area contributed by atoms with Crippen LogP contribution in [0.4, 0.5) is 15.9 Å². The third kappa shape index (κ3) is 3.65. The van der Waals surface area contributed by atoms with Gasteiger partial charge in [0.2, 0.25) is 0 Å². The van der Waals surface area contributed by atoms with Crippen LogP contribution < -0.4 is 15.4 Å². The predicted molar refractivity (Wildman–Crippen MR) is 77.1 cm³/mol. The van der Waals surface area contributed by atoms with Crippen LogP contribution in [-0.4, -0.2) is 29.5 Å². The number of carbonyl (C=O) groups excluding carboxylic acids is 1. The fraction of sp³-hybridized carbons (Fsp3) is 0.214. The molecule has 0 saturated carbocycles. The Balaban J connectivity index is 2.19. The monoisotopic (exact) mass is 290 g/mol. The van der Waals surface area contributed by atoms with Gasteiger partial charge in [0.05, 0.1) is 25.2 Å². The van der Waals surface area contributed by atoms with Gasteiger partial charge in [0.25, 0.3) is 5.91 Å². The molecule has 2 aromatic rings. The van der Waals surface area contributed by atoms with E-state index in [1.165, 1.54) is 37.7 Å². The van der Waals surface area contributed by atoms with Crippen molar-refractivity contribution in [2.45, 2.75) is 6.92 Å². The molecule has 2 rings (SSSR count). The molecule has 1 aromatic carbocycles. The van der Waals surface area contributed by atoms with E-state index in [1.54, 1.807) is 0 Å². The highest BCUT2D eigenvalue weighted by Gasteiger charge is 2.12. The number of ether oxygens (including phenoxy) is 1. The Kier molecular flexibility index (Phi) is 4.65. The molecule has 21 heavy (non-hydrogen) atoms. The molecule has 2 N–H and O–H groups in total. The minimum Gasteiger partial charge on any atom is -0.497 e. The number of nitrogens with zero attached hydrogens (tertiary/aromatic N) is 2. The molecule has 6 nitrogen and oxygen atoms in total. The maximum absolute atomic E-state index is 13.7. The Bertz CT molecular complexity index is 649. The van der Waals surface area contributed by atoms with E-state index in [9.17, 15) is 9.18 Å². The lowest BCUT2D eigenvalue weighted by molar-refractivity contribution is 0.102. The molecule has 110 valence electrons. The van der Waals surface area contributed by atoms with Gasteiger partial charge in [-0.3, -0.25) is 9.78 Å². The van der Waals surface area contributed by atoms with Crippen LogP contribution in [0.3, 0.4) is 0 Å². The van der Waals surface area contributed by atoms with Crippen LogP contribution in [0.2, 0.25) is 0 Å². The molecule has 0 aliphatic carbocycles. The first-order chi connectivity index (χ1) is 10.1. The van der Waals surface area contributed by atoms with Crippen molar-refractivity contribution >= 4 is 17.4 Å². The first-order valence-electron chi connectivity index (χ1n) is 6.35. The second-order valence-corrected chi connectivity index (χ2v) is 4.12. The number of benzene rings is 1. The Labute approximate surface area is 121 Å². The molecule has 0 aliphatic heterocycles. The quantitative estimate of drug-likeness (QED) is 0.883. The van der Waals surface area contributed by atoms with Crippen LogP contribution in [0.25, 0.3) is 0 Å². The van der Waals surface area contributed by atoms with Crippen LogP contribution in [0.5, 0.6) is 5.75 Å². The van der Waals surface area contributed by atoms with Gasteiger partial charge >= 0.3 is 0 Å². The Morgan fingerprint density at radius 1 is 1.38 bits per heavy atom. The number of nitrogens with one attached hydrogen (secondary N) is 2. The van der Waals surface area contributed by atoms with Gasteiger partial charge in [-0.25, -0.2) is 9.37 Å². The van der Waals surface area contributed by atoms with Gasteiger partial charge in [0.1, 0.15) is 23.1 Å². The summed E-state index contributed by atoms with van der Waals surface area (Å²) in [5.74, 6) is -0.176. The Morgan fingerprint density at radius 3 is 2.90 bits per heavy atom. The summed E-state index contributed by atoms with van der Waals surface area (Å²) in [7, 11) is 1.46. The largest absolute Gasteiger partial charge is 0.497 e. The van der Waals surface area contributed by atoms with Crippen molar-refractivity contribution in [3.05, 3.63) is 42.1 Å². The standard InChI is InChI=1S/C14H15FN4O2/c1-3-17-13-8-16-7-12(18-13)14(20)19-11-6-9(21-2)4-5-10(11)15/h4-8H,3H2,1-2H3,(H,17,18)(H,19,20). The number of carbonyl (C=O) groups is 1. The highest BCUT2D eigenvalue weighted by atomic mass is 19.1. The smallest absolute Gasteiger partial charge is 0.276 e. The van der Waals surface area contributed by atoms with E-state index < -0.39 is 11.7 Å². The number of rotatable bonds is 5. The number of aromatic nitrogens is 2. The van der Waals surface area contributed by atoms with Crippen LogP contribution in [0, 0.1) is 5.82 Å². The van der Waals surface area contributed by atoms with E-state index in [4.69, 9.17) is 4.74 Å². The summed E-state index contributed by atoms with van der Waals surface area (Å²) in [6.45, 7) is 2.56. The molecule has 0 fully saturated rings. The Morgan fingerprint density at radius 2 is 2.19 bits per heavy atom. The fourth-order valence-electron chi connectivity index (χ4n) is 1.66. The molecule has 0 spiro atoms. The zero-order chi connectivity index (χ0) is 15.2. The minimum absolute atomic E-state index is 0.0232. The first kappa shape index (κ1) is 14.7. The summed E-state index contributed by atoms with van der Waals surface area (Å²) in [6, 6.07) is 4.08. The molecule has 0 unspecified atom stereocenters. The van der Waals surface area contributed by atoms with Gasteiger partial charge in [-0.2, -0.15) is 0 Å². The van der Waals surface area contributed by atoms with E-state index >= 15 is 0 Å². The molecule has 0 atom stereocenters. The number of hydrogen-bond acceptors (Lipinski definition) is 5. The third-order valence-electron chi connectivity index (χ3n) is 2.65. The van der Waals surface area contributed by atoms with E-state index in [0.29, 0.717) is 18.1 Å². The summed E-state index contributed by atoms with van der Waals surface area (Å²) >= 11 is 0. The van der Waals surface area contributed by atoms with Crippen molar-refractivity contribution < 1.29 is 13.9 Å². The van der Waals surface area contributed by atoms with Gasteiger partial charge in [-0.1, -0.05) is 0 Å². The zero-order valence-electron chi connectivity index (χ0n) is 11.7. The van der Waals surface area contributed by atoms with Crippen molar-refractivity contribution in [3.8, 4) is 5.75 Å². The zero-order valence-corrected chi connectivity index (χ0v) is 11.7. The number of hydrogen-bond donors (Lipinski definition) is 2. The summed E-state index contributed by atoms with van der Waals surface area (Å²) in [6.07, 6.45) is 2.82. The summed E-state index contributed by atoms with van der Waals surface area (Å²) < 4.78 is 18.7. The molecule has 7 heteroatoms. The summed E-state index contributed by atoms with van der Waals surface area (Å²) in [5, 5.41) is 5.39. The van der Waals surface area contributed by atoms with Gasteiger partial charge in [-0.15, -0.1) is 0 Å². The lowest BCUT2D eigenvalue weighted by Crippen LogP contribution is -2.16.